The van der Waals surface area contributed by atoms with Crippen LogP contribution in [0.15, 0.2) is 47.8 Å². The van der Waals surface area contributed by atoms with Crippen molar-refractivity contribution in [1.29, 1.82) is 0 Å². The van der Waals surface area contributed by atoms with Gasteiger partial charge < -0.3 is 9.47 Å². The van der Waals surface area contributed by atoms with Crippen molar-refractivity contribution >= 4 is 16.0 Å². The fourth-order valence-electron chi connectivity index (χ4n) is 4.59. The first-order valence-corrected chi connectivity index (χ1v) is 14.5. The molecule has 0 fully saturated rings. The van der Waals surface area contributed by atoms with E-state index in [-0.39, 0.29) is 42.9 Å². The highest BCUT2D eigenvalue weighted by molar-refractivity contribution is 7.89. The van der Waals surface area contributed by atoms with Gasteiger partial charge in [-0.2, -0.15) is 4.31 Å². The second-order valence-corrected chi connectivity index (χ2v) is 11.3. The molecule has 11 heteroatoms. The van der Waals surface area contributed by atoms with Crippen LogP contribution in [0, 0.1) is 6.92 Å². The number of esters is 1. The molecular formula is C27H35N5O5S. The molecule has 1 aromatic carbocycles. The quantitative estimate of drug-likeness (QED) is 0.338. The van der Waals surface area contributed by atoms with E-state index in [2.05, 4.69) is 22.2 Å². The van der Waals surface area contributed by atoms with Crippen LogP contribution in [-0.4, -0.2) is 58.4 Å². The van der Waals surface area contributed by atoms with Crippen molar-refractivity contribution < 1.29 is 22.7 Å². The van der Waals surface area contributed by atoms with Gasteiger partial charge in [0.15, 0.2) is 0 Å². The summed E-state index contributed by atoms with van der Waals surface area (Å²) >= 11 is 0. The zero-order chi connectivity index (χ0) is 27.1. The number of nitrogens with zero attached hydrogens (tertiary/aromatic N) is 5. The summed E-state index contributed by atoms with van der Waals surface area (Å²) in [4.78, 5) is 16.5. The monoisotopic (exact) mass is 541 g/mol. The molecule has 0 spiro atoms. The molecule has 3 heterocycles. The molecule has 0 bridgehead atoms. The largest absolute Gasteiger partial charge is 0.491 e. The number of sulfonamides is 1. The van der Waals surface area contributed by atoms with E-state index in [0.717, 1.165) is 35.3 Å². The SMILES string of the molecule is CCCn1cc(CCC(CC(=O)OCC)c2ccc(C)c(CN3CCOc4ccncc4S3(=O)=O)c2)nn1. The molecule has 0 N–H and O–H groups in total. The number of rotatable bonds is 11. The van der Waals surface area contributed by atoms with Crippen molar-refractivity contribution in [3.8, 4) is 5.75 Å². The maximum absolute atomic E-state index is 13.4. The van der Waals surface area contributed by atoms with Gasteiger partial charge in [0.25, 0.3) is 0 Å². The van der Waals surface area contributed by atoms with Crippen LogP contribution < -0.4 is 4.74 Å². The molecule has 4 rings (SSSR count). The highest BCUT2D eigenvalue weighted by Gasteiger charge is 2.31. The lowest BCUT2D eigenvalue weighted by atomic mass is 9.88. The maximum Gasteiger partial charge on any atom is 0.306 e. The van der Waals surface area contributed by atoms with Crippen LogP contribution in [0.3, 0.4) is 0 Å². The molecule has 38 heavy (non-hydrogen) atoms. The third-order valence-corrected chi connectivity index (χ3v) is 8.51. The average molecular weight is 542 g/mol. The van der Waals surface area contributed by atoms with Crippen molar-refractivity contribution in [2.75, 3.05) is 19.8 Å². The highest BCUT2D eigenvalue weighted by atomic mass is 32.2. The summed E-state index contributed by atoms with van der Waals surface area (Å²) in [6.07, 6.45) is 7.35. The number of aromatic nitrogens is 4. The van der Waals surface area contributed by atoms with Crippen LogP contribution in [0.5, 0.6) is 5.75 Å². The highest BCUT2D eigenvalue weighted by Crippen LogP contribution is 2.32. The van der Waals surface area contributed by atoms with Gasteiger partial charge in [-0.15, -0.1) is 5.10 Å². The summed E-state index contributed by atoms with van der Waals surface area (Å²) in [6, 6.07) is 7.58. The van der Waals surface area contributed by atoms with E-state index in [4.69, 9.17) is 9.47 Å². The third-order valence-electron chi connectivity index (χ3n) is 6.66. The van der Waals surface area contributed by atoms with E-state index in [0.29, 0.717) is 25.2 Å². The minimum Gasteiger partial charge on any atom is -0.491 e. The first-order chi connectivity index (χ1) is 18.3. The fraction of sp³-hybridized carbons (Fsp3) is 0.481. The molecule has 0 radical (unpaired) electrons. The second kappa shape index (κ2) is 12.5. The predicted octanol–water partition coefficient (Wildman–Crippen LogP) is 3.64. The molecule has 0 saturated heterocycles. The Hall–Kier alpha value is -3.31. The summed E-state index contributed by atoms with van der Waals surface area (Å²) in [5.74, 6) is -0.0531. The minimum absolute atomic E-state index is 0.0719. The van der Waals surface area contributed by atoms with Crippen molar-refractivity contribution in [2.45, 2.75) is 70.4 Å². The maximum atomic E-state index is 13.4. The standard InChI is InChI=1S/C27H35N5O5S/c1-4-12-31-19-24(29-30-31)9-8-22(16-27(33)36-5-2)21-7-6-20(3)23(15-21)18-32-13-14-37-25-10-11-28-17-26(25)38(32,34)35/h6-7,10-11,15,17,19,22H,4-5,8-9,12-14,16,18H2,1-3H3. The molecule has 1 aliphatic rings. The van der Waals surface area contributed by atoms with Crippen LogP contribution >= 0.6 is 0 Å². The van der Waals surface area contributed by atoms with Gasteiger partial charge in [0.1, 0.15) is 17.3 Å². The van der Waals surface area contributed by atoms with Crippen LogP contribution in [-0.2, 0) is 39.1 Å². The van der Waals surface area contributed by atoms with E-state index in [1.54, 1.807) is 13.0 Å². The van der Waals surface area contributed by atoms with Crippen molar-refractivity contribution in [3.05, 3.63) is 65.2 Å². The first kappa shape index (κ1) is 27.7. The summed E-state index contributed by atoms with van der Waals surface area (Å²) in [7, 11) is -3.79. The number of ether oxygens (including phenoxy) is 2. The Labute approximate surface area is 224 Å². The Morgan fingerprint density at radius 2 is 2.08 bits per heavy atom. The first-order valence-electron chi connectivity index (χ1n) is 13.0. The van der Waals surface area contributed by atoms with E-state index in [1.807, 2.05) is 36.0 Å². The van der Waals surface area contributed by atoms with Gasteiger partial charge in [0.2, 0.25) is 10.0 Å². The summed E-state index contributed by atoms with van der Waals surface area (Å²) in [6.45, 7) is 7.64. The smallest absolute Gasteiger partial charge is 0.306 e. The summed E-state index contributed by atoms with van der Waals surface area (Å²) < 4.78 is 41.0. The molecule has 0 saturated carbocycles. The Kier molecular flexibility index (Phi) is 9.11. The lowest BCUT2D eigenvalue weighted by Crippen LogP contribution is -2.32. The zero-order valence-corrected chi connectivity index (χ0v) is 23.0. The Balaban J connectivity index is 1.57. The van der Waals surface area contributed by atoms with E-state index in [9.17, 15) is 13.2 Å². The number of fused-ring (bicyclic) bond motifs is 1. The van der Waals surface area contributed by atoms with Gasteiger partial charge in [0, 0.05) is 32.0 Å². The van der Waals surface area contributed by atoms with Crippen molar-refractivity contribution in [3.63, 3.8) is 0 Å². The van der Waals surface area contributed by atoms with Gasteiger partial charge in [-0.1, -0.05) is 30.3 Å². The summed E-state index contributed by atoms with van der Waals surface area (Å²) in [5.41, 5.74) is 3.69. The Bertz CT molecular complexity index is 1360. The van der Waals surface area contributed by atoms with Crippen molar-refractivity contribution in [2.24, 2.45) is 0 Å². The van der Waals surface area contributed by atoms with Gasteiger partial charge >= 0.3 is 5.97 Å². The third kappa shape index (κ3) is 6.57. The molecule has 0 amide bonds. The number of pyridine rings is 1. The van der Waals surface area contributed by atoms with Gasteiger partial charge in [-0.3, -0.25) is 14.5 Å². The molecule has 0 aliphatic carbocycles. The number of hydrogen-bond acceptors (Lipinski definition) is 8. The van der Waals surface area contributed by atoms with Crippen molar-refractivity contribution in [1.82, 2.24) is 24.3 Å². The number of carbonyl (C=O) groups is 1. The number of carbonyl (C=O) groups excluding carboxylic acids is 1. The van der Waals surface area contributed by atoms with E-state index >= 15 is 0 Å². The van der Waals surface area contributed by atoms with E-state index in [1.165, 1.54) is 16.7 Å². The number of hydrogen-bond donors (Lipinski definition) is 0. The fourth-order valence-corrected chi connectivity index (χ4v) is 6.07. The summed E-state index contributed by atoms with van der Waals surface area (Å²) in [5, 5.41) is 8.45. The lowest BCUT2D eigenvalue weighted by Gasteiger charge is -2.22. The van der Waals surface area contributed by atoms with E-state index < -0.39 is 10.0 Å². The zero-order valence-electron chi connectivity index (χ0n) is 22.2. The Morgan fingerprint density at radius 1 is 1.24 bits per heavy atom. The van der Waals surface area contributed by atoms with Crippen LogP contribution in [0.4, 0.5) is 0 Å². The van der Waals surface area contributed by atoms with Crippen LogP contribution in [0.1, 0.15) is 61.4 Å². The van der Waals surface area contributed by atoms with Crippen LogP contribution in [0.2, 0.25) is 0 Å². The molecule has 3 aromatic rings. The molecule has 1 aliphatic heterocycles. The topological polar surface area (TPSA) is 117 Å². The van der Waals surface area contributed by atoms with Gasteiger partial charge in [0.05, 0.1) is 24.9 Å². The second-order valence-electron chi connectivity index (χ2n) is 9.41. The van der Waals surface area contributed by atoms with Gasteiger partial charge in [-0.25, -0.2) is 8.42 Å². The molecule has 1 unspecified atom stereocenters. The minimum atomic E-state index is -3.79. The molecular weight excluding hydrogens is 506 g/mol. The van der Waals surface area contributed by atoms with Crippen LogP contribution in [0.25, 0.3) is 0 Å². The number of benzene rings is 1. The van der Waals surface area contributed by atoms with Gasteiger partial charge in [-0.05, 0) is 61.8 Å². The molecule has 2 aromatic heterocycles. The predicted molar refractivity (Wildman–Crippen MR) is 141 cm³/mol. The number of aryl methyl sites for hydroxylation is 3. The molecule has 10 nitrogen and oxygen atoms in total. The average Bonchev–Trinajstić information content (AvgIpc) is 3.30. The normalized spacial score (nSPS) is 15.8. The Morgan fingerprint density at radius 3 is 2.87 bits per heavy atom. The molecule has 1 atom stereocenters. The lowest BCUT2D eigenvalue weighted by molar-refractivity contribution is -0.143. The molecule has 204 valence electrons.